The third-order valence-electron chi connectivity index (χ3n) is 8.51. The number of ether oxygens (including phenoxy) is 1. The number of rotatable bonds is 19. The van der Waals surface area contributed by atoms with Crippen LogP contribution < -0.4 is 16.0 Å². The van der Waals surface area contributed by atoms with Crippen molar-refractivity contribution in [3.63, 3.8) is 0 Å². The molecular formula is C31H58N4O8Si. The van der Waals surface area contributed by atoms with E-state index >= 15 is 0 Å². The van der Waals surface area contributed by atoms with E-state index in [4.69, 9.17) is 4.74 Å². The Morgan fingerprint density at radius 3 is 1.82 bits per heavy atom. The van der Waals surface area contributed by atoms with Crippen molar-refractivity contribution in [2.45, 2.75) is 136 Å². The second-order valence-corrected chi connectivity index (χ2v) is 17.9. The van der Waals surface area contributed by atoms with Crippen molar-refractivity contribution >= 4 is 37.7 Å². The minimum atomic E-state index is -2.47. The minimum absolute atomic E-state index is 0.0804. The lowest BCUT2D eigenvalue weighted by molar-refractivity contribution is -0.142. The number of Topliss-reactive ketones (excluding diaryl/α,β-unsaturated/α-hetero) is 1. The molecule has 1 rings (SSSR count). The Bertz CT molecular complexity index is 1010. The zero-order valence-electron chi connectivity index (χ0n) is 28.7. The van der Waals surface area contributed by atoms with Crippen molar-refractivity contribution in [2.24, 2.45) is 17.8 Å². The zero-order valence-corrected chi connectivity index (χ0v) is 29.7. The molecular weight excluding hydrogens is 584 g/mol. The SMILES string of the molecule is CC[C@H](C)[C@H](NC(=O)[C@H]([C@@H](C)CC)N(C)C(=O)CC[Si](C)(C)O)C(=O)N[C@H](C(=O)NC(CC(C)C)C(=O)[C@@]1(C)CO1)[C@@H](C)O. The monoisotopic (exact) mass is 642 g/mol. The molecule has 5 N–H and O–H groups in total. The number of epoxide rings is 1. The summed E-state index contributed by atoms with van der Waals surface area (Å²) in [6, 6.07) is -3.81. The molecule has 0 spiro atoms. The van der Waals surface area contributed by atoms with Crippen LogP contribution in [0.25, 0.3) is 0 Å². The Labute approximate surface area is 264 Å². The Balaban J connectivity index is 3.18. The van der Waals surface area contributed by atoms with Gasteiger partial charge in [0.25, 0.3) is 0 Å². The molecule has 0 aromatic carbocycles. The number of hydrogen-bond acceptors (Lipinski definition) is 8. The number of aliphatic hydroxyl groups is 1. The van der Waals surface area contributed by atoms with E-state index in [0.29, 0.717) is 25.3 Å². The Morgan fingerprint density at radius 1 is 0.886 bits per heavy atom. The number of nitrogens with one attached hydrogen (secondary N) is 3. The van der Waals surface area contributed by atoms with Gasteiger partial charge in [-0.2, -0.15) is 0 Å². The predicted molar refractivity (Wildman–Crippen MR) is 171 cm³/mol. The molecule has 44 heavy (non-hydrogen) atoms. The third-order valence-corrected chi connectivity index (χ3v) is 9.98. The fourth-order valence-corrected chi connectivity index (χ4v) is 5.78. The predicted octanol–water partition coefficient (Wildman–Crippen LogP) is 1.73. The van der Waals surface area contributed by atoms with Gasteiger partial charge < -0.3 is 35.5 Å². The molecule has 0 aliphatic carbocycles. The van der Waals surface area contributed by atoms with Gasteiger partial charge in [-0.05, 0) is 57.2 Å². The fourth-order valence-electron chi connectivity index (χ4n) is 4.96. The molecule has 254 valence electrons. The second kappa shape index (κ2) is 16.8. The van der Waals surface area contributed by atoms with Gasteiger partial charge >= 0.3 is 0 Å². The number of likely N-dealkylation sites (N-methyl/N-ethyl adjacent to an activating group) is 1. The molecule has 4 amide bonds. The first-order valence-electron chi connectivity index (χ1n) is 15.9. The van der Waals surface area contributed by atoms with Crippen LogP contribution in [0.1, 0.15) is 81.1 Å². The first-order chi connectivity index (χ1) is 20.2. The van der Waals surface area contributed by atoms with Gasteiger partial charge in [0.05, 0.1) is 18.8 Å². The summed E-state index contributed by atoms with van der Waals surface area (Å²) in [7, 11) is -0.915. The largest absolute Gasteiger partial charge is 0.432 e. The lowest BCUT2D eigenvalue weighted by atomic mass is 9.92. The highest BCUT2D eigenvalue weighted by molar-refractivity contribution is 6.69. The van der Waals surface area contributed by atoms with E-state index in [-0.39, 0.29) is 42.5 Å². The van der Waals surface area contributed by atoms with Gasteiger partial charge in [0.1, 0.15) is 23.7 Å². The van der Waals surface area contributed by atoms with Crippen molar-refractivity contribution in [2.75, 3.05) is 13.7 Å². The molecule has 1 fully saturated rings. The van der Waals surface area contributed by atoms with Crippen molar-refractivity contribution in [3.05, 3.63) is 0 Å². The zero-order chi connectivity index (χ0) is 34.2. The van der Waals surface area contributed by atoms with Gasteiger partial charge in [-0.15, -0.1) is 0 Å². The molecule has 0 radical (unpaired) electrons. The maximum atomic E-state index is 13.7. The van der Waals surface area contributed by atoms with E-state index in [1.165, 1.54) is 11.8 Å². The smallest absolute Gasteiger partial charge is 0.245 e. The Hall–Kier alpha value is -2.35. The van der Waals surface area contributed by atoms with Gasteiger partial charge in [0.2, 0.25) is 23.6 Å². The third kappa shape index (κ3) is 11.9. The van der Waals surface area contributed by atoms with E-state index < -0.39 is 61.9 Å². The van der Waals surface area contributed by atoms with Crippen molar-refractivity contribution in [1.82, 2.24) is 20.9 Å². The van der Waals surface area contributed by atoms with Crippen LogP contribution in [0, 0.1) is 17.8 Å². The van der Waals surface area contributed by atoms with Crippen molar-refractivity contribution < 1.29 is 38.6 Å². The minimum Gasteiger partial charge on any atom is -0.432 e. The van der Waals surface area contributed by atoms with E-state index in [0.717, 1.165) is 0 Å². The molecule has 0 saturated carbocycles. The Kier molecular flexibility index (Phi) is 15.2. The standard InChI is InChI=1S/C31H58N4O8Si/c1-12-19(5)24(33-30(41)26(20(6)13-2)35(9)23(37)14-15-44(10,11)42)28(39)34-25(21(7)36)29(40)32-22(16-18(3)4)27(38)31(8)17-43-31/h18-22,24-26,36,42H,12-17H2,1-11H3,(H,32,40)(H,33,41)(H,34,39)/t19-,20-,21+,22?,24-,25-,26-,31+/m0/s1. The van der Waals surface area contributed by atoms with Crippen LogP contribution in [-0.4, -0.2) is 102 Å². The van der Waals surface area contributed by atoms with E-state index in [1.54, 1.807) is 34.0 Å². The summed E-state index contributed by atoms with van der Waals surface area (Å²) in [4.78, 5) is 78.3. The van der Waals surface area contributed by atoms with Crippen LogP contribution in [0.4, 0.5) is 0 Å². The number of carbonyl (C=O) groups excluding carboxylic acids is 5. The molecule has 12 nitrogen and oxygen atoms in total. The number of carbonyl (C=O) groups is 5. The Morgan fingerprint density at radius 2 is 1.39 bits per heavy atom. The summed E-state index contributed by atoms with van der Waals surface area (Å²) in [5.74, 6) is -2.92. The highest BCUT2D eigenvalue weighted by Crippen LogP contribution is 2.29. The summed E-state index contributed by atoms with van der Waals surface area (Å²) in [6.07, 6.45) is 0.286. The van der Waals surface area contributed by atoms with Crippen LogP contribution in [0.2, 0.25) is 19.1 Å². The second-order valence-electron chi connectivity index (χ2n) is 13.8. The van der Waals surface area contributed by atoms with Crippen LogP contribution in [0.5, 0.6) is 0 Å². The average molecular weight is 643 g/mol. The number of hydrogen-bond donors (Lipinski definition) is 5. The average Bonchev–Trinajstić information content (AvgIpc) is 3.68. The fraction of sp³-hybridized carbons (Fsp3) is 0.839. The van der Waals surface area contributed by atoms with E-state index in [9.17, 15) is 33.9 Å². The summed E-state index contributed by atoms with van der Waals surface area (Å²) in [6.45, 7) is 18.0. The van der Waals surface area contributed by atoms with Gasteiger partial charge in [-0.1, -0.05) is 54.4 Å². The quantitative estimate of drug-likeness (QED) is 0.104. The summed E-state index contributed by atoms with van der Waals surface area (Å²) < 4.78 is 5.29. The molecule has 1 aliphatic heterocycles. The topological polar surface area (TPSA) is 178 Å². The highest BCUT2D eigenvalue weighted by Gasteiger charge is 2.50. The number of ketones is 1. The molecule has 0 bridgehead atoms. The highest BCUT2D eigenvalue weighted by atomic mass is 28.4. The summed E-state index contributed by atoms with van der Waals surface area (Å²) >= 11 is 0. The van der Waals surface area contributed by atoms with Crippen LogP contribution in [0.15, 0.2) is 0 Å². The first-order valence-corrected chi connectivity index (χ1v) is 19.1. The molecule has 1 heterocycles. The molecule has 1 saturated heterocycles. The normalized spacial score (nSPS) is 21.2. The van der Waals surface area contributed by atoms with Crippen LogP contribution in [0.3, 0.4) is 0 Å². The molecule has 0 aromatic rings. The van der Waals surface area contributed by atoms with Gasteiger partial charge in [0, 0.05) is 13.5 Å². The molecule has 8 atom stereocenters. The number of amides is 4. The van der Waals surface area contributed by atoms with Gasteiger partial charge in [-0.25, -0.2) is 0 Å². The molecule has 13 heteroatoms. The van der Waals surface area contributed by atoms with Crippen LogP contribution >= 0.6 is 0 Å². The van der Waals surface area contributed by atoms with Crippen molar-refractivity contribution in [1.29, 1.82) is 0 Å². The van der Waals surface area contributed by atoms with Crippen LogP contribution in [-0.2, 0) is 28.7 Å². The lowest BCUT2D eigenvalue weighted by Crippen LogP contribution is -2.62. The lowest BCUT2D eigenvalue weighted by Gasteiger charge is -2.34. The van der Waals surface area contributed by atoms with E-state index in [2.05, 4.69) is 16.0 Å². The van der Waals surface area contributed by atoms with Gasteiger partial charge in [-0.3, -0.25) is 24.0 Å². The molecule has 1 aliphatic rings. The molecule has 1 unspecified atom stereocenters. The maximum absolute atomic E-state index is 13.7. The maximum Gasteiger partial charge on any atom is 0.245 e. The first kappa shape index (κ1) is 39.7. The molecule has 0 aromatic heterocycles. The van der Waals surface area contributed by atoms with Gasteiger partial charge in [0.15, 0.2) is 14.1 Å². The summed E-state index contributed by atoms with van der Waals surface area (Å²) in [5, 5.41) is 18.6. The number of aliphatic hydroxyl groups excluding tert-OH is 1. The van der Waals surface area contributed by atoms with E-state index in [1.807, 2.05) is 34.6 Å². The summed E-state index contributed by atoms with van der Waals surface area (Å²) in [5.41, 5.74) is -0.959. The number of nitrogens with zero attached hydrogens (tertiary/aromatic N) is 1. The van der Waals surface area contributed by atoms with Crippen molar-refractivity contribution in [3.8, 4) is 0 Å².